The third-order valence-corrected chi connectivity index (χ3v) is 4.55. The average molecular weight is 310 g/mol. The highest BCUT2D eigenvalue weighted by molar-refractivity contribution is 6.06. The van der Waals surface area contributed by atoms with Gasteiger partial charge in [0, 0.05) is 19.3 Å². The van der Waals surface area contributed by atoms with Gasteiger partial charge in [-0.05, 0) is 31.0 Å². The van der Waals surface area contributed by atoms with Crippen LogP contribution in [0.25, 0.3) is 0 Å². The van der Waals surface area contributed by atoms with E-state index in [2.05, 4.69) is 25.5 Å². The fraction of sp³-hybridized carbons (Fsp3) is 0.312. The Bertz CT molecular complexity index is 754. The van der Waals surface area contributed by atoms with Gasteiger partial charge >= 0.3 is 0 Å². The zero-order valence-electron chi connectivity index (χ0n) is 12.6. The number of aromatic nitrogens is 2. The normalized spacial score (nSPS) is 19.0. The number of nitrogen functional groups attached to an aromatic ring is 1. The van der Waals surface area contributed by atoms with E-state index in [4.69, 9.17) is 5.73 Å². The standard InChI is InChI=1S/C16H18N6O/c17-13-5-8-18-15(20-13)22-9-6-16(7-10-22)14(23)19-11-3-1-2-4-12(11)21-16/h1-5,8,21H,6-7,9-10H2,(H,19,23)(H2,17,18,20). The first-order valence-electron chi connectivity index (χ1n) is 7.68. The Balaban J connectivity index is 1.54. The smallest absolute Gasteiger partial charge is 0.250 e. The topological polar surface area (TPSA) is 96.2 Å². The summed E-state index contributed by atoms with van der Waals surface area (Å²) in [6.07, 6.45) is 3.03. The molecule has 0 aliphatic carbocycles. The number of carbonyl (C=O) groups is 1. The molecule has 0 saturated carbocycles. The second kappa shape index (κ2) is 5.12. The first-order valence-corrected chi connectivity index (χ1v) is 7.68. The van der Waals surface area contributed by atoms with Crippen LogP contribution in [0.5, 0.6) is 0 Å². The van der Waals surface area contributed by atoms with Gasteiger partial charge in [-0.3, -0.25) is 4.79 Å². The molecule has 1 fully saturated rings. The number of piperidine rings is 1. The molecule has 2 aliphatic rings. The first-order chi connectivity index (χ1) is 11.2. The number of fused-ring (bicyclic) bond motifs is 1. The van der Waals surface area contributed by atoms with Gasteiger partial charge in [0.1, 0.15) is 11.4 Å². The molecule has 4 N–H and O–H groups in total. The van der Waals surface area contributed by atoms with Crippen molar-refractivity contribution in [1.29, 1.82) is 0 Å². The fourth-order valence-corrected chi connectivity index (χ4v) is 3.21. The summed E-state index contributed by atoms with van der Waals surface area (Å²) < 4.78 is 0. The third-order valence-electron chi connectivity index (χ3n) is 4.55. The molecule has 0 bridgehead atoms. The van der Waals surface area contributed by atoms with Crippen LogP contribution in [-0.2, 0) is 4.79 Å². The van der Waals surface area contributed by atoms with E-state index < -0.39 is 5.54 Å². The molecule has 1 saturated heterocycles. The molecule has 2 aliphatic heterocycles. The van der Waals surface area contributed by atoms with Crippen LogP contribution in [0.2, 0.25) is 0 Å². The maximum Gasteiger partial charge on any atom is 0.250 e. The highest BCUT2D eigenvalue weighted by atomic mass is 16.2. The van der Waals surface area contributed by atoms with Gasteiger partial charge in [0.2, 0.25) is 11.9 Å². The Morgan fingerprint density at radius 1 is 1.13 bits per heavy atom. The van der Waals surface area contributed by atoms with Crippen LogP contribution in [-0.4, -0.2) is 34.5 Å². The largest absolute Gasteiger partial charge is 0.384 e. The van der Waals surface area contributed by atoms with Gasteiger partial charge in [0.15, 0.2) is 0 Å². The van der Waals surface area contributed by atoms with Crippen molar-refractivity contribution in [3.8, 4) is 0 Å². The number of anilines is 4. The van der Waals surface area contributed by atoms with E-state index in [1.165, 1.54) is 0 Å². The van der Waals surface area contributed by atoms with Crippen LogP contribution in [0.15, 0.2) is 36.5 Å². The summed E-state index contributed by atoms with van der Waals surface area (Å²) in [4.78, 5) is 23.2. The lowest BCUT2D eigenvalue weighted by Crippen LogP contribution is -2.58. The number of hydrogen-bond donors (Lipinski definition) is 3. The van der Waals surface area contributed by atoms with E-state index in [9.17, 15) is 4.79 Å². The molecule has 1 amide bonds. The Morgan fingerprint density at radius 3 is 2.61 bits per heavy atom. The number of rotatable bonds is 1. The van der Waals surface area contributed by atoms with Crippen LogP contribution in [0.1, 0.15) is 12.8 Å². The van der Waals surface area contributed by atoms with Crippen LogP contribution in [0.3, 0.4) is 0 Å². The molecular weight excluding hydrogens is 292 g/mol. The Morgan fingerprint density at radius 2 is 1.87 bits per heavy atom. The molecule has 1 aromatic heterocycles. The lowest BCUT2D eigenvalue weighted by molar-refractivity contribution is -0.121. The van der Waals surface area contributed by atoms with E-state index >= 15 is 0 Å². The van der Waals surface area contributed by atoms with Crippen molar-refractivity contribution in [2.45, 2.75) is 18.4 Å². The Hall–Kier alpha value is -2.83. The van der Waals surface area contributed by atoms with Gasteiger partial charge in [-0.25, -0.2) is 4.98 Å². The highest BCUT2D eigenvalue weighted by Crippen LogP contribution is 2.36. The number of carbonyl (C=O) groups excluding carboxylic acids is 1. The lowest BCUT2D eigenvalue weighted by atomic mass is 9.84. The molecule has 3 heterocycles. The summed E-state index contributed by atoms with van der Waals surface area (Å²) in [6, 6.07) is 9.44. The van der Waals surface area contributed by atoms with Gasteiger partial charge in [0.25, 0.3) is 0 Å². The van der Waals surface area contributed by atoms with Crippen molar-refractivity contribution < 1.29 is 4.79 Å². The van der Waals surface area contributed by atoms with Crippen molar-refractivity contribution in [2.24, 2.45) is 0 Å². The zero-order valence-corrected chi connectivity index (χ0v) is 12.6. The van der Waals surface area contributed by atoms with Gasteiger partial charge in [-0.2, -0.15) is 4.98 Å². The van der Waals surface area contributed by atoms with E-state index in [0.717, 1.165) is 11.4 Å². The fourth-order valence-electron chi connectivity index (χ4n) is 3.21. The summed E-state index contributed by atoms with van der Waals surface area (Å²) >= 11 is 0. The molecule has 1 spiro atoms. The molecule has 7 heteroatoms. The second-order valence-electron chi connectivity index (χ2n) is 5.98. The number of amides is 1. The number of nitrogens with two attached hydrogens (primary N) is 1. The van der Waals surface area contributed by atoms with Crippen LogP contribution >= 0.6 is 0 Å². The number of nitrogens with one attached hydrogen (secondary N) is 2. The van der Waals surface area contributed by atoms with Crippen molar-refractivity contribution in [3.63, 3.8) is 0 Å². The van der Waals surface area contributed by atoms with E-state index in [-0.39, 0.29) is 5.91 Å². The van der Waals surface area contributed by atoms with E-state index in [1.807, 2.05) is 24.3 Å². The Labute approximate surface area is 133 Å². The third kappa shape index (κ3) is 2.34. The quantitative estimate of drug-likeness (QED) is 0.738. The molecule has 0 unspecified atom stereocenters. The molecule has 7 nitrogen and oxygen atoms in total. The van der Waals surface area contributed by atoms with Crippen molar-refractivity contribution >= 4 is 29.0 Å². The average Bonchev–Trinajstić information content (AvgIpc) is 2.57. The van der Waals surface area contributed by atoms with Crippen molar-refractivity contribution in [2.75, 3.05) is 34.4 Å². The molecule has 0 atom stereocenters. The molecule has 2 aromatic rings. The summed E-state index contributed by atoms with van der Waals surface area (Å²) in [7, 11) is 0. The van der Waals surface area contributed by atoms with Gasteiger partial charge in [-0.1, -0.05) is 12.1 Å². The summed E-state index contributed by atoms with van der Waals surface area (Å²) in [5.41, 5.74) is 6.97. The van der Waals surface area contributed by atoms with Crippen LogP contribution in [0.4, 0.5) is 23.1 Å². The van der Waals surface area contributed by atoms with Gasteiger partial charge in [-0.15, -0.1) is 0 Å². The number of para-hydroxylation sites is 2. The molecule has 23 heavy (non-hydrogen) atoms. The highest BCUT2D eigenvalue weighted by Gasteiger charge is 2.44. The minimum atomic E-state index is -0.564. The maximum absolute atomic E-state index is 12.6. The zero-order chi connectivity index (χ0) is 15.9. The lowest BCUT2D eigenvalue weighted by Gasteiger charge is -2.44. The van der Waals surface area contributed by atoms with Crippen molar-refractivity contribution in [3.05, 3.63) is 36.5 Å². The summed E-state index contributed by atoms with van der Waals surface area (Å²) in [6.45, 7) is 1.40. The molecule has 4 rings (SSSR count). The molecular formula is C16H18N6O. The number of benzene rings is 1. The number of hydrogen-bond acceptors (Lipinski definition) is 6. The minimum absolute atomic E-state index is 0.0318. The molecule has 1 aromatic carbocycles. The van der Waals surface area contributed by atoms with E-state index in [0.29, 0.717) is 37.7 Å². The minimum Gasteiger partial charge on any atom is -0.384 e. The summed E-state index contributed by atoms with van der Waals surface area (Å²) in [5.74, 6) is 1.11. The molecule has 0 radical (unpaired) electrons. The van der Waals surface area contributed by atoms with Crippen molar-refractivity contribution in [1.82, 2.24) is 9.97 Å². The predicted molar refractivity (Wildman–Crippen MR) is 89.3 cm³/mol. The first kappa shape index (κ1) is 13.8. The Kier molecular flexibility index (Phi) is 3.07. The monoisotopic (exact) mass is 310 g/mol. The predicted octanol–water partition coefficient (Wildman–Crippen LogP) is 1.46. The van der Waals surface area contributed by atoms with Gasteiger partial charge < -0.3 is 21.3 Å². The van der Waals surface area contributed by atoms with Crippen LogP contribution in [0, 0.1) is 0 Å². The van der Waals surface area contributed by atoms with Gasteiger partial charge in [0.05, 0.1) is 11.4 Å². The molecule has 118 valence electrons. The summed E-state index contributed by atoms with van der Waals surface area (Å²) in [5, 5.41) is 6.45. The maximum atomic E-state index is 12.6. The second-order valence-corrected chi connectivity index (χ2v) is 5.98. The SMILES string of the molecule is Nc1ccnc(N2CCC3(CC2)Nc2ccccc2NC3=O)n1. The van der Waals surface area contributed by atoms with E-state index in [1.54, 1.807) is 12.3 Å². The van der Waals surface area contributed by atoms with Crippen LogP contribution < -0.4 is 21.3 Å². The number of nitrogens with zero attached hydrogens (tertiary/aromatic N) is 3.